The van der Waals surface area contributed by atoms with Crippen LogP contribution in [0.3, 0.4) is 0 Å². The maximum atomic E-state index is 9.40. The molecule has 5 nitrogen and oxygen atoms in total. The van der Waals surface area contributed by atoms with E-state index < -0.39 is 0 Å². The number of piperidine rings is 1. The molecule has 0 spiro atoms. The number of aromatic hydroxyl groups is 1. The van der Waals surface area contributed by atoms with Crippen molar-refractivity contribution in [1.29, 1.82) is 0 Å². The molecule has 1 aromatic carbocycles. The van der Waals surface area contributed by atoms with Gasteiger partial charge in [0.1, 0.15) is 11.6 Å². The standard InChI is InChI=1S/C19H25N3O2.ClH/c1-15-20-18(16-6-8-17(23)9-7-16)14-19(21-15)24-13-5-12-22-10-3-2-4-11-22;/h6-9,14,23H,2-5,10-13H2,1H3;1H. The molecule has 2 heterocycles. The molecule has 136 valence electrons. The molecule has 2 aromatic rings. The van der Waals surface area contributed by atoms with Crippen LogP contribution in [-0.4, -0.2) is 46.2 Å². The van der Waals surface area contributed by atoms with Crippen molar-refractivity contribution in [2.45, 2.75) is 32.6 Å². The molecule has 0 atom stereocenters. The number of phenolic OH excluding ortho intramolecular Hbond substituents is 1. The van der Waals surface area contributed by atoms with Crippen molar-refractivity contribution in [2.24, 2.45) is 0 Å². The molecule has 0 saturated carbocycles. The second-order valence-electron chi connectivity index (χ2n) is 6.29. The number of aryl methyl sites for hydroxylation is 1. The van der Waals surface area contributed by atoms with Crippen molar-refractivity contribution in [3.63, 3.8) is 0 Å². The van der Waals surface area contributed by atoms with E-state index in [0.717, 1.165) is 24.2 Å². The zero-order valence-electron chi connectivity index (χ0n) is 14.6. The molecule has 1 N–H and O–H groups in total. The molecule has 1 aliphatic rings. The zero-order valence-corrected chi connectivity index (χ0v) is 15.5. The lowest BCUT2D eigenvalue weighted by Crippen LogP contribution is -2.31. The van der Waals surface area contributed by atoms with E-state index in [2.05, 4.69) is 14.9 Å². The smallest absolute Gasteiger partial charge is 0.217 e. The third-order valence-electron chi connectivity index (χ3n) is 4.29. The number of likely N-dealkylation sites (tertiary alicyclic amines) is 1. The Kier molecular flexibility index (Phi) is 7.47. The Labute approximate surface area is 155 Å². The minimum atomic E-state index is 0. The van der Waals surface area contributed by atoms with Crippen molar-refractivity contribution >= 4 is 12.4 Å². The van der Waals surface area contributed by atoms with Crippen molar-refractivity contribution in [2.75, 3.05) is 26.2 Å². The summed E-state index contributed by atoms with van der Waals surface area (Å²) in [5.74, 6) is 1.55. The first-order valence-electron chi connectivity index (χ1n) is 8.71. The van der Waals surface area contributed by atoms with Gasteiger partial charge in [0.15, 0.2) is 0 Å². The molecule has 1 saturated heterocycles. The normalized spacial score (nSPS) is 14.8. The third-order valence-corrected chi connectivity index (χ3v) is 4.29. The molecule has 0 amide bonds. The number of rotatable bonds is 6. The summed E-state index contributed by atoms with van der Waals surface area (Å²) in [6.07, 6.45) is 5.02. The van der Waals surface area contributed by atoms with Crippen LogP contribution >= 0.6 is 12.4 Å². The summed E-state index contributed by atoms with van der Waals surface area (Å²) in [6.45, 7) is 6.07. The van der Waals surface area contributed by atoms with E-state index in [1.165, 1.54) is 32.4 Å². The molecule has 0 aliphatic carbocycles. The molecule has 1 aromatic heterocycles. The van der Waals surface area contributed by atoms with Gasteiger partial charge in [-0.2, -0.15) is 4.98 Å². The molecular weight excluding hydrogens is 338 g/mol. The summed E-state index contributed by atoms with van der Waals surface area (Å²) < 4.78 is 5.84. The van der Waals surface area contributed by atoms with Crippen LogP contribution < -0.4 is 4.74 Å². The molecule has 0 radical (unpaired) electrons. The largest absolute Gasteiger partial charge is 0.508 e. The van der Waals surface area contributed by atoms with Gasteiger partial charge in [0.2, 0.25) is 5.88 Å². The Hall–Kier alpha value is -1.85. The van der Waals surface area contributed by atoms with E-state index in [4.69, 9.17) is 4.74 Å². The number of halogens is 1. The van der Waals surface area contributed by atoms with Crippen LogP contribution in [0.1, 0.15) is 31.5 Å². The van der Waals surface area contributed by atoms with E-state index in [0.29, 0.717) is 18.3 Å². The number of hydrogen-bond donors (Lipinski definition) is 1. The highest BCUT2D eigenvalue weighted by Crippen LogP contribution is 2.23. The van der Waals surface area contributed by atoms with E-state index >= 15 is 0 Å². The number of nitrogens with zero attached hydrogens (tertiary/aromatic N) is 3. The number of ether oxygens (including phenoxy) is 1. The molecular formula is C19H26ClN3O2. The predicted octanol–water partition coefficient (Wildman–Crippen LogP) is 3.83. The van der Waals surface area contributed by atoms with E-state index in [9.17, 15) is 5.11 Å². The van der Waals surface area contributed by atoms with Gasteiger partial charge in [-0.3, -0.25) is 0 Å². The number of hydrogen-bond acceptors (Lipinski definition) is 5. The van der Waals surface area contributed by atoms with Gasteiger partial charge in [0.25, 0.3) is 0 Å². The third kappa shape index (κ3) is 5.87. The maximum absolute atomic E-state index is 9.40. The van der Waals surface area contributed by atoms with Gasteiger partial charge < -0.3 is 14.7 Å². The summed E-state index contributed by atoms with van der Waals surface area (Å²) in [5, 5.41) is 9.40. The van der Waals surface area contributed by atoms with Crippen LogP contribution in [0.4, 0.5) is 0 Å². The fourth-order valence-corrected chi connectivity index (χ4v) is 3.04. The lowest BCUT2D eigenvalue weighted by atomic mass is 10.1. The van der Waals surface area contributed by atoms with Gasteiger partial charge >= 0.3 is 0 Å². The van der Waals surface area contributed by atoms with Crippen LogP contribution in [0, 0.1) is 6.92 Å². The van der Waals surface area contributed by atoms with Crippen molar-refractivity contribution < 1.29 is 9.84 Å². The highest BCUT2D eigenvalue weighted by molar-refractivity contribution is 5.85. The van der Waals surface area contributed by atoms with Crippen LogP contribution in [0.25, 0.3) is 11.3 Å². The molecule has 3 rings (SSSR count). The first kappa shape index (κ1) is 19.5. The molecule has 6 heteroatoms. The second kappa shape index (κ2) is 9.59. The van der Waals surface area contributed by atoms with Crippen molar-refractivity contribution in [3.05, 3.63) is 36.2 Å². The van der Waals surface area contributed by atoms with Gasteiger partial charge in [-0.05, 0) is 63.5 Å². The molecule has 0 bridgehead atoms. The van der Waals surface area contributed by atoms with Gasteiger partial charge in [0.05, 0.1) is 12.3 Å². The maximum Gasteiger partial charge on any atom is 0.217 e. The Morgan fingerprint density at radius 1 is 1.08 bits per heavy atom. The summed E-state index contributed by atoms with van der Waals surface area (Å²) >= 11 is 0. The average Bonchev–Trinajstić information content (AvgIpc) is 2.60. The summed E-state index contributed by atoms with van der Waals surface area (Å²) in [7, 11) is 0. The molecule has 0 unspecified atom stereocenters. The SMILES string of the molecule is Cc1nc(OCCCN2CCCCC2)cc(-c2ccc(O)cc2)n1.Cl. The highest BCUT2D eigenvalue weighted by Gasteiger charge is 2.10. The number of phenols is 1. The number of aromatic nitrogens is 2. The van der Waals surface area contributed by atoms with Gasteiger partial charge in [-0.25, -0.2) is 4.98 Å². The lowest BCUT2D eigenvalue weighted by molar-refractivity contribution is 0.203. The minimum Gasteiger partial charge on any atom is -0.508 e. The Balaban J connectivity index is 0.00000225. The van der Waals surface area contributed by atoms with Gasteiger partial charge in [-0.1, -0.05) is 6.42 Å². The van der Waals surface area contributed by atoms with Gasteiger partial charge in [0, 0.05) is 18.2 Å². The van der Waals surface area contributed by atoms with E-state index in [1.54, 1.807) is 12.1 Å². The fraction of sp³-hybridized carbons (Fsp3) is 0.474. The Bertz CT molecular complexity index is 658. The molecule has 1 fully saturated rings. The summed E-state index contributed by atoms with van der Waals surface area (Å²) in [6, 6.07) is 8.87. The zero-order chi connectivity index (χ0) is 16.8. The van der Waals surface area contributed by atoms with E-state index in [-0.39, 0.29) is 18.2 Å². The minimum absolute atomic E-state index is 0. The van der Waals surface area contributed by atoms with Crippen molar-refractivity contribution in [3.8, 4) is 22.9 Å². The summed E-state index contributed by atoms with van der Waals surface area (Å²) in [5.41, 5.74) is 1.75. The van der Waals surface area contributed by atoms with Crippen LogP contribution in [0.5, 0.6) is 11.6 Å². The first-order chi connectivity index (χ1) is 11.7. The van der Waals surface area contributed by atoms with Crippen LogP contribution in [0.2, 0.25) is 0 Å². The van der Waals surface area contributed by atoms with Crippen LogP contribution in [-0.2, 0) is 0 Å². The van der Waals surface area contributed by atoms with E-state index in [1.807, 2.05) is 25.1 Å². The lowest BCUT2D eigenvalue weighted by Gasteiger charge is -2.26. The topological polar surface area (TPSA) is 58.5 Å². The average molecular weight is 364 g/mol. The number of benzene rings is 1. The second-order valence-corrected chi connectivity index (χ2v) is 6.29. The monoisotopic (exact) mass is 363 g/mol. The van der Waals surface area contributed by atoms with Crippen LogP contribution in [0.15, 0.2) is 30.3 Å². The Morgan fingerprint density at radius 2 is 1.80 bits per heavy atom. The van der Waals surface area contributed by atoms with Gasteiger partial charge in [-0.15, -0.1) is 12.4 Å². The predicted molar refractivity (Wildman–Crippen MR) is 102 cm³/mol. The van der Waals surface area contributed by atoms with Crippen molar-refractivity contribution in [1.82, 2.24) is 14.9 Å². The first-order valence-corrected chi connectivity index (χ1v) is 8.71. The molecule has 1 aliphatic heterocycles. The highest BCUT2D eigenvalue weighted by atomic mass is 35.5. The quantitative estimate of drug-likeness (QED) is 0.790. The summed E-state index contributed by atoms with van der Waals surface area (Å²) in [4.78, 5) is 11.3. The Morgan fingerprint density at radius 3 is 2.52 bits per heavy atom. The fourth-order valence-electron chi connectivity index (χ4n) is 3.04. The molecule has 25 heavy (non-hydrogen) atoms.